The molecule has 0 radical (unpaired) electrons. The third kappa shape index (κ3) is 2.24. The Labute approximate surface area is 65.9 Å². The molecule has 0 amide bonds. The molecule has 4 heteroatoms. The fourth-order valence-corrected chi connectivity index (χ4v) is 1.16. The first-order chi connectivity index (χ1) is 5.22. The second kappa shape index (κ2) is 3.79. The number of hydrogen-bond acceptors (Lipinski definition) is 3. The van der Waals surface area contributed by atoms with Crippen LogP contribution in [0.5, 0.6) is 0 Å². The van der Waals surface area contributed by atoms with Crippen LogP contribution >= 0.6 is 8.38 Å². The minimum absolute atomic E-state index is 0.406. The maximum atomic E-state index is 10.3. The van der Waals surface area contributed by atoms with Crippen LogP contribution in [-0.4, -0.2) is 5.11 Å². The van der Waals surface area contributed by atoms with E-state index in [2.05, 4.69) is 0 Å². The van der Waals surface area contributed by atoms with E-state index >= 15 is 0 Å². The molecule has 1 rings (SSSR count). The van der Waals surface area contributed by atoms with Crippen molar-refractivity contribution in [3.8, 4) is 0 Å². The summed E-state index contributed by atoms with van der Waals surface area (Å²) in [7, 11) is -2.78. The number of hydrogen-bond donors (Lipinski definition) is 1. The smallest absolute Gasteiger partial charge is 0.0682 e. The van der Waals surface area contributed by atoms with Crippen LogP contribution in [0.3, 0.4) is 0 Å². The summed E-state index contributed by atoms with van der Waals surface area (Å²) in [6.45, 7) is 0. The maximum Gasteiger partial charge on any atom is 0.0682 e. The van der Waals surface area contributed by atoms with E-state index in [-0.39, 0.29) is 0 Å². The second-order valence-electron chi connectivity index (χ2n) is 2.07. The van der Waals surface area contributed by atoms with E-state index in [4.69, 9.17) is 5.11 Å². The zero-order valence-electron chi connectivity index (χ0n) is 5.68. The number of rotatable bonds is 2. The van der Waals surface area contributed by atoms with Crippen LogP contribution in [0.25, 0.3) is 0 Å². The van der Waals surface area contributed by atoms with E-state index in [1.54, 1.807) is 30.3 Å². The Morgan fingerprint density at radius 3 is 2.18 bits per heavy atom. The molecule has 0 spiro atoms. The van der Waals surface area contributed by atoms with Crippen molar-refractivity contribution < 1.29 is 14.9 Å². The summed E-state index contributed by atoms with van der Waals surface area (Å²) >= 11 is 0. The highest BCUT2D eigenvalue weighted by molar-refractivity contribution is 7.42. The van der Waals surface area contributed by atoms with Crippen molar-refractivity contribution in [1.82, 2.24) is 0 Å². The van der Waals surface area contributed by atoms with Crippen LogP contribution < -0.4 is 9.79 Å². The van der Waals surface area contributed by atoms with E-state index in [1.165, 1.54) is 0 Å². The quantitative estimate of drug-likeness (QED) is 0.620. The van der Waals surface area contributed by atoms with E-state index in [1.807, 2.05) is 0 Å². The predicted octanol–water partition coefficient (Wildman–Crippen LogP) is -0.290. The summed E-state index contributed by atoms with van der Waals surface area (Å²) in [6, 6.07) is 8.24. The molecule has 1 N–H and O–H groups in total. The Balaban J connectivity index is 2.77. The highest BCUT2D eigenvalue weighted by Gasteiger charge is 2.00. The molecule has 11 heavy (non-hydrogen) atoms. The van der Waals surface area contributed by atoms with Crippen molar-refractivity contribution in [2.45, 2.75) is 5.85 Å². The summed E-state index contributed by atoms with van der Waals surface area (Å²) in [6.07, 6.45) is 0. The topological polar surface area (TPSA) is 66.3 Å². The van der Waals surface area contributed by atoms with Gasteiger partial charge in [-0.25, -0.2) is 0 Å². The molecular formula is C7H7O3P-2. The fraction of sp³-hybridized carbons (Fsp3) is 0.143. The third-order valence-corrected chi connectivity index (χ3v) is 1.99. The highest BCUT2D eigenvalue weighted by Crippen LogP contribution is 2.33. The molecule has 1 atom stereocenters. The lowest BCUT2D eigenvalue weighted by Gasteiger charge is -2.36. The fourth-order valence-electron chi connectivity index (χ4n) is 0.747. The van der Waals surface area contributed by atoms with Gasteiger partial charge >= 0.3 is 0 Å². The van der Waals surface area contributed by atoms with E-state index in [9.17, 15) is 9.79 Å². The molecule has 1 aromatic rings. The van der Waals surface area contributed by atoms with Crippen molar-refractivity contribution in [1.29, 1.82) is 0 Å². The monoisotopic (exact) mass is 170 g/mol. The van der Waals surface area contributed by atoms with Gasteiger partial charge in [0.25, 0.3) is 0 Å². The van der Waals surface area contributed by atoms with Gasteiger partial charge in [0.15, 0.2) is 0 Å². The lowest BCUT2D eigenvalue weighted by atomic mass is 10.2. The van der Waals surface area contributed by atoms with Gasteiger partial charge in [-0.1, -0.05) is 30.3 Å². The first-order valence-corrected chi connectivity index (χ1v) is 4.33. The molecule has 1 unspecified atom stereocenters. The molecule has 0 aliphatic carbocycles. The molecule has 0 fully saturated rings. The number of benzene rings is 1. The average Bonchev–Trinajstić information content (AvgIpc) is 2.05. The van der Waals surface area contributed by atoms with Gasteiger partial charge < -0.3 is 14.9 Å². The summed E-state index contributed by atoms with van der Waals surface area (Å²) in [5.74, 6) is -1.37. The van der Waals surface area contributed by atoms with Gasteiger partial charge in [-0.2, -0.15) is 0 Å². The van der Waals surface area contributed by atoms with Crippen molar-refractivity contribution in [2.24, 2.45) is 0 Å². The van der Waals surface area contributed by atoms with Crippen LogP contribution in [-0.2, 0) is 0 Å². The van der Waals surface area contributed by atoms with Crippen molar-refractivity contribution >= 4 is 8.38 Å². The number of aliphatic hydroxyl groups excluding tert-OH is 1. The molecule has 0 heterocycles. The summed E-state index contributed by atoms with van der Waals surface area (Å²) in [5, 5.41) is 9.00. The van der Waals surface area contributed by atoms with Gasteiger partial charge in [-0.05, 0) is 5.56 Å². The normalized spacial score (nSPS) is 13.5. The minimum Gasteiger partial charge on any atom is -0.840 e. The molecule has 0 aliphatic heterocycles. The second-order valence-corrected chi connectivity index (χ2v) is 3.13. The van der Waals surface area contributed by atoms with Gasteiger partial charge in [0.1, 0.15) is 0 Å². The molecule has 0 bridgehead atoms. The Morgan fingerprint density at radius 2 is 1.73 bits per heavy atom. The van der Waals surface area contributed by atoms with Crippen LogP contribution in [0.2, 0.25) is 0 Å². The molecule has 3 nitrogen and oxygen atoms in total. The minimum atomic E-state index is -2.78. The van der Waals surface area contributed by atoms with Crippen LogP contribution in [0.15, 0.2) is 30.3 Å². The summed E-state index contributed by atoms with van der Waals surface area (Å²) < 4.78 is 0. The molecule has 0 saturated heterocycles. The van der Waals surface area contributed by atoms with Crippen molar-refractivity contribution in [3.63, 3.8) is 0 Å². The SMILES string of the molecule is [O-]P([O-])C(O)c1ccccc1. The first kappa shape index (κ1) is 8.62. The van der Waals surface area contributed by atoms with Gasteiger partial charge in [0, 0.05) is 0 Å². The standard InChI is InChI=1S/C7H7O3P/c8-7(11(9)10)6-4-2-1-3-5-6/h1-5,7-8H/q-2. The van der Waals surface area contributed by atoms with Gasteiger partial charge in [-0.3, -0.25) is 8.38 Å². The van der Waals surface area contributed by atoms with E-state index < -0.39 is 14.2 Å². The Kier molecular flexibility index (Phi) is 2.97. The first-order valence-electron chi connectivity index (χ1n) is 3.08. The zero-order chi connectivity index (χ0) is 8.27. The predicted molar refractivity (Wildman–Crippen MR) is 38.3 cm³/mol. The lowest BCUT2D eigenvalue weighted by molar-refractivity contribution is -0.301. The zero-order valence-corrected chi connectivity index (χ0v) is 6.57. The molecule has 0 aliphatic rings. The third-order valence-electron chi connectivity index (χ3n) is 1.30. The van der Waals surface area contributed by atoms with Gasteiger partial charge in [-0.15, -0.1) is 0 Å². The molecule has 0 aromatic heterocycles. The molecule has 60 valence electrons. The number of aliphatic hydroxyl groups is 1. The summed E-state index contributed by atoms with van der Waals surface area (Å²) in [4.78, 5) is 20.6. The maximum absolute atomic E-state index is 10.3. The van der Waals surface area contributed by atoms with Crippen LogP contribution in [0, 0.1) is 0 Å². The van der Waals surface area contributed by atoms with Crippen molar-refractivity contribution in [2.75, 3.05) is 0 Å². The Bertz CT molecular complexity index is 212. The molecular weight excluding hydrogens is 163 g/mol. The largest absolute Gasteiger partial charge is 0.840 e. The summed E-state index contributed by atoms with van der Waals surface area (Å²) in [5.41, 5.74) is 0.406. The van der Waals surface area contributed by atoms with Crippen LogP contribution in [0.4, 0.5) is 0 Å². The van der Waals surface area contributed by atoms with Crippen molar-refractivity contribution in [3.05, 3.63) is 35.9 Å². The van der Waals surface area contributed by atoms with Crippen LogP contribution in [0.1, 0.15) is 11.4 Å². The van der Waals surface area contributed by atoms with Gasteiger partial charge in [0.05, 0.1) is 5.85 Å². The average molecular weight is 170 g/mol. The Morgan fingerprint density at radius 1 is 1.18 bits per heavy atom. The van der Waals surface area contributed by atoms with E-state index in [0.29, 0.717) is 5.56 Å². The Hall–Kier alpha value is -0.470. The highest BCUT2D eigenvalue weighted by atomic mass is 31.2. The molecule has 1 aromatic carbocycles. The lowest BCUT2D eigenvalue weighted by Crippen LogP contribution is -2.14. The molecule has 0 saturated carbocycles. The van der Waals surface area contributed by atoms with Gasteiger partial charge in [0.2, 0.25) is 0 Å². The van der Waals surface area contributed by atoms with E-state index in [0.717, 1.165) is 0 Å².